The van der Waals surface area contributed by atoms with Crippen LogP contribution in [0.1, 0.15) is 78.1 Å². The fourth-order valence-electron chi connectivity index (χ4n) is 3.27. The molecular formula is C15H32N2. The number of unbranched alkanes of at least 4 members (excludes halogenated alkanes) is 1. The highest BCUT2D eigenvalue weighted by atomic mass is 15.2. The molecule has 0 spiro atoms. The summed E-state index contributed by atoms with van der Waals surface area (Å²) in [4.78, 5) is 0. The van der Waals surface area contributed by atoms with Gasteiger partial charge in [-0.25, -0.2) is 0 Å². The quantitative estimate of drug-likeness (QED) is 0.497. The van der Waals surface area contributed by atoms with Gasteiger partial charge in [0.15, 0.2) is 0 Å². The van der Waals surface area contributed by atoms with Gasteiger partial charge >= 0.3 is 0 Å². The molecule has 0 aromatic carbocycles. The van der Waals surface area contributed by atoms with E-state index in [1.807, 2.05) is 0 Å². The zero-order valence-corrected chi connectivity index (χ0v) is 11.9. The van der Waals surface area contributed by atoms with Crippen LogP contribution < -0.4 is 11.3 Å². The molecule has 1 fully saturated rings. The Labute approximate surface area is 108 Å². The molecule has 0 bridgehead atoms. The molecule has 2 heteroatoms. The number of rotatable bonds is 8. The van der Waals surface area contributed by atoms with Gasteiger partial charge in [0.25, 0.3) is 0 Å². The minimum absolute atomic E-state index is 0.567. The Morgan fingerprint density at radius 2 is 1.88 bits per heavy atom. The lowest BCUT2D eigenvalue weighted by Gasteiger charge is -2.32. The maximum atomic E-state index is 5.79. The van der Waals surface area contributed by atoms with Crippen molar-refractivity contribution in [3.05, 3.63) is 0 Å². The van der Waals surface area contributed by atoms with Crippen molar-refractivity contribution in [1.82, 2.24) is 5.43 Å². The van der Waals surface area contributed by atoms with Crippen molar-refractivity contribution in [2.45, 2.75) is 84.1 Å². The number of hydrogen-bond donors (Lipinski definition) is 2. The summed E-state index contributed by atoms with van der Waals surface area (Å²) in [6.07, 6.45) is 13.7. The van der Waals surface area contributed by atoms with Crippen LogP contribution in [0.15, 0.2) is 0 Å². The summed E-state index contributed by atoms with van der Waals surface area (Å²) in [5, 5.41) is 0. The molecule has 0 aromatic heterocycles. The molecule has 0 saturated heterocycles. The predicted molar refractivity (Wildman–Crippen MR) is 75.6 cm³/mol. The minimum Gasteiger partial charge on any atom is -0.271 e. The summed E-state index contributed by atoms with van der Waals surface area (Å²) in [7, 11) is 0. The first kappa shape index (κ1) is 15.0. The normalized spacial score (nSPS) is 21.4. The summed E-state index contributed by atoms with van der Waals surface area (Å²) in [5.74, 6) is 7.50. The van der Waals surface area contributed by atoms with Crippen LogP contribution in [-0.4, -0.2) is 6.04 Å². The van der Waals surface area contributed by atoms with E-state index in [1.54, 1.807) is 0 Å². The molecule has 2 unspecified atom stereocenters. The summed E-state index contributed by atoms with van der Waals surface area (Å²) < 4.78 is 0. The van der Waals surface area contributed by atoms with E-state index < -0.39 is 0 Å². The lowest BCUT2D eigenvalue weighted by molar-refractivity contribution is 0.227. The van der Waals surface area contributed by atoms with Gasteiger partial charge in [-0.05, 0) is 31.1 Å². The van der Waals surface area contributed by atoms with Gasteiger partial charge in [0, 0.05) is 6.04 Å². The van der Waals surface area contributed by atoms with Gasteiger partial charge in [0.1, 0.15) is 0 Å². The second-order valence-corrected chi connectivity index (χ2v) is 5.82. The first-order valence-corrected chi connectivity index (χ1v) is 7.77. The fraction of sp³-hybridized carbons (Fsp3) is 1.00. The molecule has 1 rings (SSSR count). The van der Waals surface area contributed by atoms with E-state index in [4.69, 9.17) is 5.84 Å². The van der Waals surface area contributed by atoms with Crippen molar-refractivity contribution in [2.24, 2.45) is 17.7 Å². The largest absolute Gasteiger partial charge is 0.271 e. The highest BCUT2D eigenvalue weighted by Crippen LogP contribution is 2.30. The standard InChI is InChI=1S/C15H32N2/c1-3-5-9-13(4-2)12-15(17-16)14-10-7-6-8-11-14/h13-15,17H,3-12,16H2,1-2H3. The maximum Gasteiger partial charge on any atom is 0.0241 e. The number of nitrogens with one attached hydrogen (secondary N) is 1. The van der Waals surface area contributed by atoms with Crippen LogP contribution in [0.3, 0.4) is 0 Å². The molecule has 0 amide bonds. The molecular weight excluding hydrogens is 208 g/mol. The van der Waals surface area contributed by atoms with Crippen molar-refractivity contribution in [3.8, 4) is 0 Å². The molecule has 1 saturated carbocycles. The van der Waals surface area contributed by atoms with Gasteiger partial charge in [0.05, 0.1) is 0 Å². The zero-order chi connectivity index (χ0) is 12.5. The second kappa shape index (κ2) is 8.93. The predicted octanol–water partition coefficient (Wildman–Crippen LogP) is 4.01. The Morgan fingerprint density at radius 1 is 1.18 bits per heavy atom. The molecule has 17 heavy (non-hydrogen) atoms. The third-order valence-electron chi connectivity index (χ3n) is 4.56. The van der Waals surface area contributed by atoms with Gasteiger partial charge in [-0.15, -0.1) is 0 Å². The van der Waals surface area contributed by atoms with Crippen LogP contribution in [-0.2, 0) is 0 Å². The molecule has 0 aromatic rings. The molecule has 1 aliphatic carbocycles. The van der Waals surface area contributed by atoms with Crippen molar-refractivity contribution in [2.75, 3.05) is 0 Å². The monoisotopic (exact) mass is 240 g/mol. The van der Waals surface area contributed by atoms with E-state index in [-0.39, 0.29) is 0 Å². The molecule has 2 nitrogen and oxygen atoms in total. The maximum absolute atomic E-state index is 5.79. The minimum atomic E-state index is 0.567. The Kier molecular flexibility index (Phi) is 7.87. The molecule has 2 atom stereocenters. The van der Waals surface area contributed by atoms with E-state index in [9.17, 15) is 0 Å². The van der Waals surface area contributed by atoms with E-state index in [0.29, 0.717) is 6.04 Å². The Morgan fingerprint density at radius 3 is 2.41 bits per heavy atom. The van der Waals surface area contributed by atoms with Gasteiger partial charge in [-0.1, -0.05) is 58.8 Å². The van der Waals surface area contributed by atoms with Gasteiger partial charge < -0.3 is 0 Å². The van der Waals surface area contributed by atoms with Crippen LogP contribution >= 0.6 is 0 Å². The molecule has 3 N–H and O–H groups in total. The summed E-state index contributed by atoms with van der Waals surface area (Å²) in [5.41, 5.74) is 3.11. The lowest BCUT2D eigenvalue weighted by Crippen LogP contribution is -2.42. The SMILES string of the molecule is CCCCC(CC)CC(NN)C1CCCCC1. The van der Waals surface area contributed by atoms with Gasteiger partial charge in [-0.2, -0.15) is 0 Å². The average Bonchev–Trinajstić information content (AvgIpc) is 2.40. The molecule has 1 aliphatic rings. The van der Waals surface area contributed by atoms with Gasteiger partial charge in [-0.3, -0.25) is 11.3 Å². The zero-order valence-electron chi connectivity index (χ0n) is 11.9. The summed E-state index contributed by atoms with van der Waals surface area (Å²) >= 11 is 0. The van der Waals surface area contributed by atoms with Crippen LogP contribution in [0.5, 0.6) is 0 Å². The first-order valence-electron chi connectivity index (χ1n) is 7.77. The number of hydrogen-bond acceptors (Lipinski definition) is 2. The third kappa shape index (κ3) is 5.39. The summed E-state index contributed by atoms with van der Waals surface area (Å²) in [6, 6.07) is 0.567. The molecule has 0 aliphatic heterocycles. The Balaban J connectivity index is 2.36. The fourth-order valence-corrected chi connectivity index (χ4v) is 3.27. The second-order valence-electron chi connectivity index (χ2n) is 5.82. The van der Waals surface area contributed by atoms with Crippen LogP contribution in [0.4, 0.5) is 0 Å². The molecule has 0 heterocycles. The third-order valence-corrected chi connectivity index (χ3v) is 4.56. The Hall–Kier alpha value is -0.0800. The van der Waals surface area contributed by atoms with Crippen molar-refractivity contribution >= 4 is 0 Å². The van der Waals surface area contributed by atoms with E-state index in [0.717, 1.165) is 11.8 Å². The van der Waals surface area contributed by atoms with Crippen LogP contribution in [0.25, 0.3) is 0 Å². The molecule has 0 radical (unpaired) electrons. The first-order chi connectivity index (χ1) is 8.31. The number of nitrogens with two attached hydrogens (primary N) is 1. The smallest absolute Gasteiger partial charge is 0.0241 e. The van der Waals surface area contributed by atoms with E-state index in [1.165, 1.54) is 64.2 Å². The molecule has 102 valence electrons. The van der Waals surface area contributed by atoms with Crippen LogP contribution in [0, 0.1) is 11.8 Å². The van der Waals surface area contributed by atoms with Gasteiger partial charge in [0.2, 0.25) is 0 Å². The Bertz CT molecular complexity index is 176. The van der Waals surface area contributed by atoms with E-state index >= 15 is 0 Å². The topological polar surface area (TPSA) is 38.0 Å². The highest BCUT2D eigenvalue weighted by molar-refractivity contribution is 4.80. The number of hydrazine groups is 1. The average molecular weight is 240 g/mol. The van der Waals surface area contributed by atoms with Crippen molar-refractivity contribution in [3.63, 3.8) is 0 Å². The van der Waals surface area contributed by atoms with Crippen molar-refractivity contribution < 1.29 is 0 Å². The van der Waals surface area contributed by atoms with Crippen molar-refractivity contribution in [1.29, 1.82) is 0 Å². The highest BCUT2D eigenvalue weighted by Gasteiger charge is 2.24. The van der Waals surface area contributed by atoms with Crippen LogP contribution in [0.2, 0.25) is 0 Å². The summed E-state index contributed by atoms with van der Waals surface area (Å²) in [6.45, 7) is 4.61. The lowest BCUT2D eigenvalue weighted by atomic mass is 9.79. The van der Waals surface area contributed by atoms with E-state index in [2.05, 4.69) is 19.3 Å².